The van der Waals surface area contributed by atoms with Gasteiger partial charge in [-0.15, -0.1) is 0 Å². The van der Waals surface area contributed by atoms with Gasteiger partial charge in [0.25, 0.3) is 5.91 Å². The molecule has 1 aromatic heterocycles. The molecule has 0 spiro atoms. The molecule has 188 valence electrons. The van der Waals surface area contributed by atoms with Crippen LogP contribution < -0.4 is 19.5 Å². The molecule has 0 saturated carbocycles. The Kier molecular flexibility index (Phi) is 7.95. The van der Waals surface area contributed by atoms with E-state index < -0.39 is 5.92 Å². The molecule has 0 radical (unpaired) electrons. The molecule has 8 nitrogen and oxygen atoms in total. The minimum absolute atomic E-state index is 0.161. The van der Waals surface area contributed by atoms with Crippen molar-refractivity contribution in [1.29, 1.82) is 0 Å². The summed E-state index contributed by atoms with van der Waals surface area (Å²) in [6, 6.07) is 15.9. The number of nitrogens with zero attached hydrogens (tertiary/aromatic N) is 2. The van der Waals surface area contributed by atoms with Gasteiger partial charge in [-0.25, -0.2) is 0 Å². The minimum atomic E-state index is -0.493. The number of nitrogens with one attached hydrogen (secondary N) is 1. The minimum Gasteiger partial charge on any atom is -0.493 e. The van der Waals surface area contributed by atoms with Gasteiger partial charge in [-0.05, 0) is 54.1 Å². The van der Waals surface area contributed by atoms with Gasteiger partial charge >= 0.3 is 0 Å². The zero-order chi connectivity index (χ0) is 25.7. The molecular formula is C27H28ClN3O5. The Morgan fingerprint density at radius 3 is 2.28 bits per heavy atom. The summed E-state index contributed by atoms with van der Waals surface area (Å²) in [4.78, 5) is 32.7. The average Bonchev–Trinajstić information content (AvgIpc) is 3.37. The summed E-state index contributed by atoms with van der Waals surface area (Å²) in [5.41, 5.74) is 2.08. The Balaban J connectivity index is 1.65. The van der Waals surface area contributed by atoms with E-state index in [-0.39, 0.29) is 24.3 Å². The third kappa shape index (κ3) is 5.39. The number of ether oxygens (including phenoxy) is 3. The second kappa shape index (κ2) is 11.3. The second-order valence-corrected chi connectivity index (χ2v) is 8.86. The Labute approximate surface area is 215 Å². The van der Waals surface area contributed by atoms with Gasteiger partial charge in [0.15, 0.2) is 11.5 Å². The highest BCUT2D eigenvalue weighted by Gasteiger charge is 2.41. The van der Waals surface area contributed by atoms with E-state index in [1.165, 1.54) is 7.11 Å². The van der Waals surface area contributed by atoms with Gasteiger partial charge < -0.3 is 24.4 Å². The summed E-state index contributed by atoms with van der Waals surface area (Å²) in [6.45, 7) is 0.905. The number of amides is 2. The number of likely N-dealkylation sites (tertiary alicyclic amines) is 1. The Morgan fingerprint density at radius 2 is 1.69 bits per heavy atom. The zero-order valence-corrected chi connectivity index (χ0v) is 21.1. The van der Waals surface area contributed by atoms with Crippen LogP contribution in [0.2, 0.25) is 5.02 Å². The molecule has 4 rings (SSSR count). The van der Waals surface area contributed by atoms with Crippen LogP contribution in [0.5, 0.6) is 17.2 Å². The quantitative estimate of drug-likeness (QED) is 0.495. The number of carbonyl (C=O) groups excluding carboxylic acids is 2. The summed E-state index contributed by atoms with van der Waals surface area (Å²) in [5.74, 6) is 0.331. The molecule has 1 N–H and O–H groups in total. The van der Waals surface area contributed by atoms with E-state index >= 15 is 0 Å². The van der Waals surface area contributed by atoms with E-state index in [1.807, 2.05) is 30.3 Å². The van der Waals surface area contributed by atoms with Crippen molar-refractivity contribution in [2.75, 3.05) is 34.4 Å². The maximum Gasteiger partial charge on any atom is 0.253 e. The molecule has 2 heterocycles. The Bertz CT molecular complexity index is 1190. The number of aromatic nitrogens is 1. The van der Waals surface area contributed by atoms with Gasteiger partial charge in [0, 0.05) is 35.8 Å². The molecule has 0 aliphatic carbocycles. The number of carbonyl (C=O) groups is 2. The standard InChI is InChI=1S/C27H28ClN3O5/c1-34-23-12-18(13-24(35-2)25(23)36-3)21-15-31(27(33)17-7-9-19(28)10-8-17)16-22(21)26(32)30-14-20-6-4-5-11-29-20/h4-13,21-22H,14-16H2,1-3H3,(H,30,32). The number of pyridine rings is 1. The molecule has 2 unspecified atom stereocenters. The molecule has 1 fully saturated rings. The Hall–Kier alpha value is -3.78. The van der Waals surface area contributed by atoms with E-state index in [0.717, 1.165) is 11.3 Å². The molecule has 2 aromatic carbocycles. The van der Waals surface area contributed by atoms with E-state index in [9.17, 15) is 9.59 Å². The van der Waals surface area contributed by atoms with Crippen LogP contribution in [0, 0.1) is 5.92 Å². The number of hydrogen-bond acceptors (Lipinski definition) is 6. The largest absolute Gasteiger partial charge is 0.493 e. The van der Waals surface area contributed by atoms with Gasteiger partial charge in [0.1, 0.15) is 0 Å². The lowest BCUT2D eigenvalue weighted by molar-refractivity contribution is -0.125. The van der Waals surface area contributed by atoms with E-state index in [0.29, 0.717) is 40.9 Å². The monoisotopic (exact) mass is 509 g/mol. The molecule has 1 aliphatic heterocycles. The topological polar surface area (TPSA) is 90.0 Å². The highest BCUT2D eigenvalue weighted by Crippen LogP contribution is 2.43. The van der Waals surface area contributed by atoms with Crippen molar-refractivity contribution in [1.82, 2.24) is 15.2 Å². The van der Waals surface area contributed by atoms with Gasteiger partial charge in [0.2, 0.25) is 11.7 Å². The maximum atomic E-state index is 13.4. The third-order valence-electron chi connectivity index (χ3n) is 6.32. The first-order chi connectivity index (χ1) is 17.4. The molecule has 1 saturated heterocycles. The van der Waals surface area contributed by atoms with E-state index in [4.69, 9.17) is 25.8 Å². The van der Waals surface area contributed by atoms with E-state index in [2.05, 4.69) is 10.3 Å². The third-order valence-corrected chi connectivity index (χ3v) is 6.57. The first-order valence-electron chi connectivity index (χ1n) is 11.5. The molecule has 1 aliphatic rings. The van der Waals surface area contributed by atoms with Crippen molar-refractivity contribution >= 4 is 23.4 Å². The molecule has 2 amide bonds. The number of rotatable bonds is 8. The normalized spacial score (nSPS) is 16.9. The summed E-state index contributed by atoms with van der Waals surface area (Å²) >= 11 is 5.99. The number of hydrogen-bond donors (Lipinski definition) is 1. The fourth-order valence-corrected chi connectivity index (χ4v) is 4.60. The second-order valence-electron chi connectivity index (χ2n) is 8.43. The van der Waals surface area contributed by atoms with Crippen molar-refractivity contribution in [2.45, 2.75) is 12.5 Å². The smallest absolute Gasteiger partial charge is 0.253 e. The summed E-state index contributed by atoms with van der Waals surface area (Å²) in [7, 11) is 4.63. The maximum absolute atomic E-state index is 13.4. The summed E-state index contributed by atoms with van der Waals surface area (Å²) in [5, 5.41) is 3.53. The van der Waals surface area contributed by atoms with Crippen LogP contribution >= 0.6 is 11.6 Å². The van der Waals surface area contributed by atoms with Crippen molar-refractivity contribution in [3.63, 3.8) is 0 Å². The lowest BCUT2D eigenvalue weighted by Crippen LogP contribution is -2.35. The molecular weight excluding hydrogens is 482 g/mol. The highest BCUT2D eigenvalue weighted by atomic mass is 35.5. The average molecular weight is 510 g/mol. The lowest BCUT2D eigenvalue weighted by atomic mass is 9.88. The van der Waals surface area contributed by atoms with Crippen LogP contribution in [0.3, 0.4) is 0 Å². The van der Waals surface area contributed by atoms with Crippen LogP contribution in [0.4, 0.5) is 0 Å². The number of halogens is 1. The van der Waals surface area contributed by atoms with Crippen molar-refractivity contribution in [3.8, 4) is 17.2 Å². The van der Waals surface area contributed by atoms with Crippen LogP contribution in [0.15, 0.2) is 60.8 Å². The molecule has 0 bridgehead atoms. The fourth-order valence-electron chi connectivity index (χ4n) is 4.48. The SMILES string of the molecule is COc1cc(C2CN(C(=O)c3ccc(Cl)cc3)CC2C(=O)NCc2ccccn2)cc(OC)c1OC. The number of benzene rings is 2. The van der Waals surface area contributed by atoms with Crippen LogP contribution in [-0.4, -0.2) is 56.1 Å². The predicted molar refractivity (Wildman–Crippen MR) is 136 cm³/mol. The Morgan fingerprint density at radius 1 is 1.00 bits per heavy atom. The highest BCUT2D eigenvalue weighted by molar-refractivity contribution is 6.30. The van der Waals surface area contributed by atoms with Crippen molar-refractivity contribution < 1.29 is 23.8 Å². The van der Waals surface area contributed by atoms with Crippen LogP contribution in [0.1, 0.15) is 27.5 Å². The van der Waals surface area contributed by atoms with Crippen LogP contribution in [-0.2, 0) is 11.3 Å². The number of methoxy groups -OCH3 is 3. The van der Waals surface area contributed by atoms with E-state index in [1.54, 1.807) is 49.6 Å². The van der Waals surface area contributed by atoms with Gasteiger partial charge in [-0.2, -0.15) is 0 Å². The van der Waals surface area contributed by atoms with Crippen LogP contribution in [0.25, 0.3) is 0 Å². The van der Waals surface area contributed by atoms with Gasteiger partial charge in [0.05, 0.1) is 39.5 Å². The summed E-state index contributed by atoms with van der Waals surface area (Å²) < 4.78 is 16.5. The first kappa shape index (κ1) is 25.3. The van der Waals surface area contributed by atoms with Crippen molar-refractivity contribution in [3.05, 3.63) is 82.6 Å². The lowest BCUT2D eigenvalue weighted by Gasteiger charge is -2.21. The van der Waals surface area contributed by atoms with Crippen molar-refractivity contribution in [2.24, 2.45) is 5.92 Å². The fraction of sp³-hybridized carbons (Fsp3) is 0.296. The molecule has 2 atom stereocenters. The van der Waals surface area contributed by atoms with Gasteiger partial charge in [-0.3, -0.25) is 14.6 Å². The zero-order valence-electron chi connectivity index (χ0n) is 20.4. The van der Waals surface area contributed by atoms with Gasteiger partial charge in [-0.1, -0.05) is 17.7 Å². The first-order valence-corrected chi connectivity index (χ1v) is 11.8. The molecule has 36 heavy (non-hydrogen) atoms. The predicted octanol–water partition coefficient (Wildman–Crippen LogP) is 3.93. The molecule has 9 heteroatoms. The molecule has 3 aromatic rings. The summed E-state index contributed by atoms with van der Waals surface area (Å²) in [6.07, 6.45) is 1.68.